The van der Waals surface area contributed by atoms with Crippen molar-refractivity contribution in [3.05, 3.63) is 0 Å². The summed E-state index contributed by atoms with van der Waals surface area (Å²) in [6.45, 7) is 5.89. The molecule has 0 radical (unpaired) electrons. The van der Waals surface area contributed by atoms with Gasteiger partial charge in [-0.2, -0.15) is 0 Å². The fraction of sp³-hybridized carbons (Fsp3) is 0.923. The highest BCUT2D eigenvalue weighted by atomic mass is 16.5. The van der Waals surface area contributed by atoms with E-state index in [0.717, 1.165) is 6.42 Å². The van der Waals surface area contributed by atoms with Crippen LogP contribution in [0.4, 0.5) is 0 Å². The molecule has 0 aromatic rings. The van der Waals surface area contributed by atoms with Crippen molar-refractivity contribution < 1.29 is 9.53 Å². The normalized spacial score (nSPS) is 18.8. The van der Waals surface area contributed by atoms with Crippen LogP contribution in [-0.4, -0.2) is 43.7 Å². The van der Waals surface area contributed by atoms with Crippen molar-refractivity contribution in [2.24, 2.45) is 17.6 Å². The molecule has 1 saturated carbocycles. The molecular weight excluding hydrogens is 216 g/mol. The molecule has 100 valence electrons. The van der Waals surface area contributed by atoms with Gasteiger partial charge in [0.15, 0.2) is 0 Å². The van der Waals surface area contributed by atoms with E-state index in [2.05, 4.69) is 6.92 Å². The minimum absolute atomic E-state index is 0.0342. The Hall–Kier alpha value is -0.610. The maximum atomic E-state index is 12.4. The molecule has 0 aromatic heterocycles. The van der Waals surface area contributed by atoms with Crippen LogP contribution < -0.4 is 5.73 Å². The van der Waals surface area contributed by atoms with Crippen LogP contribution in [0.1, 0.15) is 33.1 Å². The molecule has 4 heteroatoms. The van der Waals surface area contributed by atoms with Gasteiger partial charge in [0.25, 0.3) is 0 Å². The summed E-state index contributed by atoms with van der Waals surface area (Å²) >= 11 is 0. The van der Waals surface area contributed by atoms with E-state index in [4.69, 9.17) is 10.5 Å². The summed E-state index contributed by atoms with van der Waals surface area (Å²) in [6.07, 6.45) is 3.31. The van der Waals surface area contributed by atoms with Crippen LogP contribution in [0.15, 0.2) is 0 Å². The summed E-state index contributed by atoms with van der Waals surface area (Å²) in [5, 5.41) is 0. The van der Waals surface area contributed by atoms with Crippen LogP contribution in [0, 0.1) is 11.8 Å². The predicted octanol–water partition coefficient (Wildman–Crippen LogP) is 1.24. The van der Waals surface area contributed by atoms with Gasteiger partial charge >= 0.3 is 0 Å². The van der Waals surface area contributed by atoms with Gasteiger partial charge in [-0.25, -0.2) is 0 Å². The Bertz CT molecular complexity index is 238. The van der Waals surface area contributed by atoms with Crippen LogP contribution in [0.25, 0.3) is 0 Å². The highest BCUT2D eigenvalue weighted by Crippen LogP contribution is 2.35. The molecule has 0 aliphatic heterocycles. The van der Waals surface area contributed by atoms with E-state index in [0.29, 0.717) is 31.7 Å². The molecule has 2 N–H and O–H groups in total. The summed E-state index contributed by atoms with van der Waals surface area (Å²) in [7, 11) is 1.67. The fourth-order valence-electron chi connectivity index (χ4n) is 2.21. The van der Waals surface area contributed by atoms with E-state index < -0.39 is 0 Å². The number of rotatable bonds is 8. The van der Waals surface area contributed by atoms with Crippen LogP contribution in [-0.2, 0) is 9.53 Å². The van der Waals surface area contributed by atoms with E-state index in [1.165, 1.54) is 12.8 Å². The summed E-state index contributed by atoms with van der Waals surface area (Å²) in [4.78, 5) is 14.3. The maximum absolute atomic E-state index is 12.4. The van der Waals surface area contributed by atoms with E-state index in [1.807, 2.05) is 11.8 Å². The number of carbonyl (C=O) groups is 1. The Balaban J connectivity index is 2.62. The molecule has 1 aliphatic rings. The van der Waals surface area contributed by atoms with E-state index in [1.54, 1.807) is 7.11 Å². The first-order valence-corrected chi connectivity index (χ1v) is 6.65. The van der Waals surface area contributed by atoms with Gasteiger partial charge < -0.3 is 15.4 Å². The molecule has 2 atom stereocenters. The number of methoxy groups -OCH3 is 1. The molecule has 1 amide bonds. The fourth-order valence-corrected chi connectivity index (χ4v) is 2.21. The van der Waals surface area contributed by atoms with E-state index >= 15 is 0 Å². The van der Waals surface area contributed by atoms with Crippen molar-refractivity contribution in [3.8, 4) is 0 Å². The topological polar surface area (TPSA) is 55.6 Å². The standard InChI is InChI=1S/C13H26N2O2/c1-4-11(9-14)13(16)15(7-8-17-3)10(2)12-5-6-12/h10-12H,4-9,14H2,1-3H3. The molecule has 1 aliphatic carbocycles. The van der Waals surface area contributed by atoms with Gasteiger partial charge in [-0.3, -0.25) is 4.79 Å². The van der Waals surface area contributed by atoms with Crippen molar-refractivity contribution in [2.45, 2.75) is 39.2 Å². The summed E-state index contributed by atoms with van der Waals surface area (Å²) < 4.78 is 5.09. The largest absolute Gasteiger partial charge is 0.383 e. The van der Waals surface area contributed by atoms with Gasteiger partial charge in [-0.05, 0) is 32.1 Å². The third-order valence-corrected chi connectivity index (χ3v) is 3.74. The number of hydrogen-bond donors (Lipinski definition) is 1. The molecule has 4 nitrogen and oxygen atoms in total. The van der Waals surface area contributed by atoms with E-state index in [-0.39, 0.29) is 11.8 Å². The molecule has 0 bridgehead atoms. The van der Waals surface area contributed by atoms with Gasteiger partial charge in [-0.15, -0.1) is 0 Å². The predicted molar refractivity (Wildman–Crippen MR) is 68.6 cm³/mol. The molecule has 17 heavy (non-hydrogen) atoms. The highest BCUT2D eigenvalue weighted by Gasteiger charge is 2.35. The lowest BCUT2D eigenvalue weighted by Crippen LogP contribution is -2.46. The number of nitrogens with zero attached hydrogens (tertiary/aromatic N) is 1. The Morgan fingerprint density at radius 1 is 1.53 bits per heavy atom. The zero-order valence-electron chi connectivity index (χ0n) is 11.3. The molecule has 0 spiro atoms. The molecule has 0 heterocycles. The molecular formula is C13H26N2O2. The summed E-state index contributed by atoms with van der Waals surface area (Å²) in [5.41, 5.74) is 5.66. The Morgan fingerprint density at radius 3 is 2.59 bits per heavy atom. The van der Waals surface area contributed by atoms with Crippen molar-refractivity contribution in [3.63, 3.8) is 0 Å². The second kappa shape index (κ2) is 6.97. The lowest BCUT2D eigenvalue weighted by Gasteiger charge is -2.32. The first-order chi connectivity index (χ1) is 8.15. The zero-order chi connectivity index (χ0) is 12.8. The lowest BCUT2D eigenvalue weighted by atomic mass is 10.0. The third-order valence-electron chi connectivity index (χ3n) is 3.74. The van der Waals surface area contributed by atoms with Crippen LogP contribution in [0.2, 0.25) is 0 Å². The maximum Gasteiger partial charge on any atom is 0.227 e. The first kappa shape index (κ1) is 14.5. The number of amides is 1. The Morgan fingerprint density at radius 2 is 2.18 bits per heavy atom. The minimum Gasteiger partial charge on any atom is -0.383 e. The monoisotopic (exact) mass is 242 g/mol. The molecule has 1 rings (SSSR count). The SMILES string of the molecule is CCC(CN)C(=O)N(CCOC)C(C)C1CC1. The molecule has 1 fully saturated rings. The summed E-state index contributed by atoms with van der Waals surface area (Å²) in [5.74, 6) is 0.852. The van der Waals surface area contributed by atoms with Crippen LogP contribution in [0.3, 0.4) is 0 Å². The van der Waals surface area contributed by atoms with Crippen molar-refractivity contribution >= 4 is 5.91 Å². The molecule has 2 unspecified atom stereocenters. The quantitative estimate of drug-likeness (QED) is 0.697. The number of ether oxygens (including phenoxy) is 1. The number of nitrogens with two attached hydrogens (primary N) is 1. The average molecular weight is 242 g/mol. The van der Waals surface area contributed by atoms with Gasteiger partial charge in [0.1, 0.15) is 0 Å². The van der Waals surface area contributed by atoms with Gasteiger partial charge in [-0.1, -0.05) is 6.92 Å². The minimum atomic E-state index is -0.0342. The van der Waals surface area contributed by atoms with Crippen LogP contribution in [0.5, 0.6) is 0 Å². The second-order valence-electron chi connectivity index (χ2n) is 4.94. The van der Waals surface area contributed by atoms with E-state index in [9.17, 15) is 4.79 Å². The summed E-state index contributed by atoms with van der Waals surface area (Å²) in [6, 6.07) is 0.332. The average Bonchev–Trinajstić information content (AvgIpc) is 3.14. The van der Waals surface area contributed by atoms with Crippen molar-refractivity contribution in [2.75, 3.05) is 26.8 Å². The van der Waals surface area contributed by atoms with Gasteiger partial charge in [0.05, 0.1) is 12.5 Å². The third kappa shape index (κ3) is 3.96. The Labute approximate surface area is 104 Å². The number of carbonyl (C=O) groups excluding carboxylic acids is 1. The Kier molecular flexibility index (Phi) is 5.92. The highest BCUT2D eigenvalue weighted by molar-refractivity contribution is 5.79. The smallest absolute Gasteiger partial charge is 0.227 e. The lowest BCUT2D eigenvalue weighted by molar-refractivity contribution is -0.138. The van der Waals surface area contributed by atoms with Gasteiger partial charge in [0.2, 0.25) is 5.91 Å². The number of hydrogen-bond acceptors (Lipinski definition) is 3. The second-order valence-corrected chi connectivity index (χ2v) is 4.94. The molecule has 0 aromatic carbocycles. The molecule has 0 saturated heterocycles. The van der Waals surface area contributed by atoms with Crippen molar-refractivity contribution in [1.82, 2.24) is 4.90 Å². The first-order valence-electron chi connectivity index (χ1n) is 6.65. The zero-order valence-corrected chi connectivity index (χ0v) is 11.3. The van der Waals surface area contributed by atoms with Crippen LogP contribution >= 0.6 is 0 Å². The van der Waals surface area contributed by atoms with Crippen molar-refractivity contribution in [1.29, 1.82) is 0 Å². The van der Waals surface area contributed by atoms with Gasteiger partial charge in [0, 0.05) is 26.2 Å².